The first-order valence-electron chi connectivity index (χ1n) is 5.85. The van der Waals surface area contributed by atoms with E-state index in [0.717, 1.165) is 5.69 Å². The van der Waals surface area contributed by atoms with E-state index in [-0.39, 0.29) is 11.8 Å². The van der Waals surface area contributed by atoms with Gasteiger partial charge in [-0.2, -0.15) is 0 Å². The van der Waals surface area contributed by atoms with Gasteiger partial charge in [0.2, 0.25) is 5.91 Å². The lowest BCUT2D eigenvalue weighted by Gasteiger charge is -2.20. The lowest BCUT2D eigenvalue weighted by molar-refractivity contribution is -0.117. The standard InChI is InChI=1S/C14H17NO3/c1-4-10-8-13(16)15(9-10)11-6-5-7-12(17-2)14(11)18-3/h4-7,10H,1,8-9H2,2-3H3. The Hall–Kier alpha value is -1.97. The molecule has 1 fully saturated rings. The highest BCUT2D eigenvalue weighted by molar-refractivity contribution is 5.97. The highest BCUT2D eigenvalue weighted by Crippen LogP contribution is 2.39. The molecule has 1 atom stereocenters. The normalized spacial score (nSPS) is 18.9. The van der Waals surface area contributed by atoms with E-state index >= 15 is 0 Å². The average molecular weight is 247 g/mol. The first kappa shape index (κ1) is 12.5. The zero-order valence-electron chi connectivity index (χ0n) is 10.7. The fourth-order valence-corrected chi connectivity index (χ4v) is 2.21. The summed E-state index contributed by atoms with van der Waals surface area (Å²) in [5.74, 6) is 1.52. The van der Waals surface area contributed by atoms with E-state index in [2.05, 4.69) is 6.58 Å². The van der Waals surface area contributed by atoms with E-state index in [1.54, 1.807) is 19.1 Å². The Morgan fingerprint density at radius 3 is 2.72 bits per heavy atom. The molecule has 0 aliphatic carbocycles. The Labute approximate surface area is 107 Å². The molecule has 0 bridgehead atoms. The molecule has 1 amide bonds. The van der Waals surface area contributed by atoms with E-state index in [9.17, 15) is 4.79 Å². The number of carbonyl (C=O) groups is 1. The Kier molecular flexibility index (Phi) is 3.55. The SMILES string of the molecule is C=CC1CC(=O)N(c2cccc(OC)c2OC)C1. The molecule has 96 valence electrons. The summed E-state index contributed by atoms with van der Waals surface area (Å²) >= 11 is 0. The predicted octanol–water partition coefficient (Wildman–Crippen LogP) is 2.24. The minimum absolute atomic E-state index is 0.0893. The molecule has 0 spiro atoms. The van der Waals surface area contributed by atoms with E-state index in [0.29, 0.717) is 24.5 Å². The summed E-state index contributed by atoms with van der Waals surface area (Å²) in [6.07, 6.45) is 2.33. The number of benzene rings is 1. The van der Waals surface area contributed by atoms with Gasteiger partial charge < -0.3 is 14.4 Å². The van der Waals surface area contributed by atoms with Crippen molar-refractivity contribution >= 4 is 11.6 Å². The second-order valence-electron chi connectivity index (χ2n) is 4.22. The lowest BCUT2D eigenvalue weighted by atomic mass is 10.1. The van der Waals surface area contributed by atoms with Crippen LogP contribution in [-0.4, -0.2) is 26.7 Å². The Morgan fingerprint density at radius 2 is 2.17 bits per heavy atom. The zero-order chi connectivity index (χ0) is 13.1. The smallest absolute Gasteiger partial charge is 0.227 e. The molecule has 4 heteroatoms. The molecule has 1 aromatic rings. The predicted molar refractivity (Wildman–Crippen MR) is 70.2 cm³/mol. The van der Waals surface area contributed by atoms with Gasteiger partial charge in [-0.05, 0) is 12.1 Å². The largest absolute Gasteiger partial charge is 0.493 e. The van der Waals surface area contributed by atoms with Crippen LogP contribution in [0, 0.1) is 5.92 Å². The summed E-state index contributed by atoms with van der Waals surface area (Å²) in [6.45, 7) is 4.39. The minimum Gasteiger partial charge on any atom is -0.493 e. The van der Waals surface area contributed by atoms with Crippen LogP contribution in [-0.2, 0) is 4.79 Å². The van der Waals surface area contributed by atoms with Crippen LogP contribution >= 0.6 is 0 Å². The van der Waals surface area contributed by atoms with Crippen LogP contribution in [0.2, 0.25) is 0 Å². The molecule has 4 nitrogen and oxygen atoms in total. The Balaban J connectivity index is 2.39. The molecule has 1 aromatic carbocycles. The van der Waals surface area contributed by atoms with E-state index in [1.807, 2.05) is 24.3 Å². The maximum Gasteiger partial charge on any atom is 0.227 e. The van der Waals surface area contributed by atoms with Gasteiger partial charge in [-0.1, -0.05) is 12.1 Å². The number of para-hydroxylation sites is 1. The summed E-state index contributed by atoms with van der Waals surface area (Å²) in [5.41, 5.74) is 0.756. The van der Waals surface area contributed by atoms with Gasteiger partial charge in [-0.15, -0.1) is 6.58 Å². The first-order valence-corrected chi connectivity index (χ1v) is 5.85. The summed E-state index contributed by atoms with van der Waals surface area (Å²) < 4.78 is 10.6. The molecular weight excluding hydrogens is 230 g/mol. The van der Waals surface area contributed by atoms with Crippen molar-refractivity contribution in [2.24, 2.45) is 5.92 Å². The van der Waals surface area contributed by atoms with Crippen molar-refractivity contribution in [3.05, 3.63) is 30.9 Å². The van der Waals surface area contributed by atoms with Crippen molar-refractivity contribution in [1.29, 1.82) is 0 Å². The molecule has 0 radical (unpaired) electrons. The number of nitrogens with zero attached hydrogens (tertiary/aromatic N) is 1. The van der Waals surface area contributed by atoms with Gasteiger partial charge in [0.25, 0.3) is 0 Å². The monoisotopic (exact) mass is 247 g/mol. The number of ether oxygens (including phenoxy) is 2. The van der Waals surface area contributed by atoms with Crippen LogP contribution in [0.4, 0.5) is 5.69 Å². The van der Waals surface area contributed by atoms with Gasteiger partial charge in [0.05, 0.1) is 19.9 Å². The number of anilines is 1. The molecule has 1 aliphatic rings. The third kappa shape index (κ3) is 2.06. The molecular formula is C14H17NO3. The maximum absolute atomic E-state index is 12.0. The van der Waals surface area contributed by atoms with Crippen molar-refractivity contribution in [1.82, 2.24) is 0 Å². The molecule has 0 N–H and O–H groups in total. The van der Waals surface area contributed by atoms with Crippen LogP contribution in [0.25, 0.3) is 0 Å². The van der Waals surface area contributed by atoms with E-state index in [4.69, 9.17) is 9.47 Å². The fourth-order valence-electron chi connectivity index (χ4n) is 2.21. The number of amides is 1. The molecule has 0 saturated carbocycles. The molecule has 1 aliphatic heterocycles. The summed E-state index contributed by atoms with van der Waals surface area (Å²) in [6, 6.07) is 5.53. The third-order valence-electron chi connectivity index (χ3n) is 3.16. The van der Waals surface area contributed by atoms with Gasteiger partial charge in [0.1, 0.15) is 0 Å². The molecule has 1 unspecified atom stereocenters. The molecule has 2 rings (SSSR count). The van der Waals surface area contributed by atoms with Gasteiger partial charge in [0, 0.05) is 18.9 Å². The second-order valence-corrected chi connectivity index (χ2v) is 4.22. The quantitative estimate of drug-likeness (QED) is 0.766. The average Bonchev–Trinajstić information content (AvgIpc) is 2.78. The third-order valence-corrected chi connectivity index (χ3v) is 3.16. The van der Waals surface area contributed by atoms with Gasteiger partial charge in [-0.3, -0.25) is 4.79 Å². The summed E-state index contributed by atoms with van der Waals surface area (Å²) in [7, 11) is 3.16. The molecule has 18 heavy (non-hydrogen) atoms. The van der Waals surface area contributed by atoms with Gasteiger partial charge in [-0.25, -0.2) is 0 Å². The zero-order valence-corrected chi connectivity index (χ0v) is 10.7. The van der Waals surface area contributed by atoms with Crippen molar-refractivity contribution in [3.8, 4) is 11.5 Å². The van der Waals surface area contributed by atoms with E-state index in [1.165, 1.54) is 0 Å². The van der Waals surface area contributed by atoms with Crippen molar-refractivity contribution < 1.29 is 14.3 Å². The number of hydrogen-bond donors (Lipinski definition) is 0. The van der Waals surface area contributed by atoms with Gasteiger partial charge in [0.15, 0.2) is 11.5 Å². The highest BCUT2D eigenvalue weighted by atomic mass is 16.5. The maximum atomic E-state index is 12.0. The van der Waals surface area contributed by atoms with Crippen molar-refractivity contribution in [3.63, 3.8) is 0 Å². The van der Waals surface area contributed by atoms with Crippen LogP contribution in [0.5, 0.6) is 11.5 Å². The van der Waals surface area contributed by atoms with Crippen molar-refractivity contribution in [2.45, 2.75) is 6.42 Å². The van der Waals surface area contributed by atoms with Crippen LogP contribution < -0.4 is 14.4 Å². The molecule has 1 heterocycles. The molecule has 0 aromatic heterocycles. The van der Waals surface area contributed by atoms with Crippen LogP contribution in [0.3, 0.4) is 0 Å². The summed E-state index contributed by atoms with van der Waals surface area (Å²) in [5, 5.41) is 0. The topological polar surface area (TPSA) is 38.8 Å². The molecule has 1 saturated heterocycles. The Morgan fingerprint density at radius 1 is 1.39 bits per heavy atom. The second kappa shape index (κ2) is 5.12. The van der Waals surface area contributed by atoms with E-state index < -0.39 is 0 Å². The number of methoxy groups -OCH3 is 2. The number of rotatable bonds is 4. The Bertz CT molecular complexity index is 470. The fraction of sp³-hybridized carbons (Fsp3) is 0.357. The summed E-state index contributed by atoms with van der Waals surface area (Å²) in [4.78, 5) is 13.7. The lowest BCUT2D eigenvalue weighted by Crippen LogP contribution is -2.24. The van der Waals surface area contributed by atoms with Crippen LogP contribution in [0.1, 0.15) is 6.42 Å². The van der Waals surface area contributed by atoms with Crippen molar-refractivity contribution in [2.75, 3.05) is 25.7 Å². The van der Waals surface area contributed by atoms with Gasteiger partial charge >= 0.3 is 0 Å². The minimum atomic E-state index is 0.0893. The van der Waals surface area contributed by atoms with Crippen LogP contribution in [0.15, 0.2) is 30.9 Å². The first-order chi connectivity index (χ1) is 8.71. The highest BCUT2D eigenvalue weighted by Gasteiger charge is 2.31. The number of carbonyl (C=O) groups excluding carboxylic acids is 1. The number of hydrogen-bond acceptors (Lipinski definition) is 3.